The van der Waals surface area contributed by atoms with Gasteiger partial charge < -0.3 is 14.6 Å². The number of halogens is 1. The molecule has 0 aliphatic carbocycles. The third-order valence-electron chi connectivity index (χ3n) is 1.75. The molecule has 0 aliphatic heterocycles. The van der Waals surface area contributed by atoms with Crippen LogP contribution in [0.4, 0.5) is 0 Å². The smallest absolute Gasteiger partial charge is 0.120 e. The molecule has 1 aromatic carbocycles. The van der Waals surface area contributed by atoms with Gasteiger partial charge in [0.25, 0.3) is 0 Å². The van der Waals surface area contributed by atoms with Gasteiger partial charge in [-0.1, -0.05) is 17.7 Å². The van der Waals surface area contributed by atoms with Crippen molar-refractivity contribution in [3.05, 3.63) is 29.3 Å². The fourth-order valence-electron chi connectivity index (χ4n) is 1.05. The summed E-state index contributed by atoms with van der Waals surface area (Å²) in [5, 5.41) is 10.0. The third-order valence-corrected chi connectivity index (χ3v) is 1.99. The minimum atomic E-state index is -0.607. The summed E-state index contributed by atoms with van der Waals surface area (Å²) in [6.07, 6.45) is -0.607. The van der Waals surface area contributed by atoms with E-state index in [9.17, 15) is 5.11 Å². The second-order valence-corrected chi connectivity index (χ2v) is 3.52. The van der Waals surface area contributed by atoms with E-state index >= 15 is 0 Å². The van der Waals surface area contributed by atoms with E-state index in [1.54, 1.807) is 24.3 Å². The highest BCUT2D eigenvalue weighted by Gasteiger charge is 2.04. The highest BCUT2D eigenvalue weighted by molar-refractivity contribution is 6.30. The fourth-order valence-corrected chi connectivity index (χ4v) is 1.23. The summed E-state index contributed by atoms with van der Waals surface area (Å²) in [6, 6.07) is 7.06. The summed E-state index contributed by atoms with van der Waals surface area (Å²) in [7, 11) is 0. The Labute approximate surface area is 94.6 Å². The van der Waals surface area contributed by atoms with Gasteiger partial charge in [-0.2, -0.15) is 0 Å². The maximum atomic E-state index is 9.43. The van der Waals surface area contributed by atoms with Crippen LogP contribution in [-0.4, -0.2) is 31.0 Å². The SMILES string of the molecule is CCOCC(O)COc1cccc(Cl)c1. The Hall–Kier alpha value is -0.770. The van der Waals surface area contributed by atoms with Crippen molar-refractivity contribution in [1.29, 1.82) is 0 Å². The van der Waals surface area contributed by atoms with Crippen LogP contribution < -0.4 is 4.74 Å². The molecule has 0 heterocycles. The van der Waals surface area contributed by atoms with Crippen LogP contribution in [0.1, 0.15) is 6.92 Å². The minimum Gasteiger partial charge on any atom is -0.491 e. The van der Waals surface area contributed by atoms with Crippen molar-refractivity contribution in [2.24, 2.45) is 0 Å². The van der Waals surface area contributed by atoms with Crippen LogP contribution in [0, 0.1) is 0 Å². The molecule has 0 aromatic heterocycles. The van der Waals surface area contributed by atoms with E-state index in [0.29, 0.717) is 17.4 Å². The van der Waals surface area contributed by atoms with Gasteiger partial charge in [0.2, 0.25) is 0 Å². The number of aliphatic hydroxyl groups is 1. The van der Waals surface area contributed by atoms with Gasteiger partial charge in [0, 0.05) is 11.6 Å². The minimum absolute atomic E-state index is 0.209. The lowest BCUT2D eigenvalue weighted by atomic mass is 10.3. The molecule has 0 aliphatic rings. The first-order chi connectivity index (χ1) is 7.22. The van der Waals surface area contributed by atoms with E-state index in [4.69, 9.17) is 21.1 Å². The van der Waals surface area contributed by atoms with E-state index in [0.717, 1.165) is 0 Å². The molecule has 0 bridgehead atoms. The Morgan fingerprint density at radius 3 is 2.87 bits per heavy atom. The van der Waals surface area contributed by atoms with Crippen LogP contribution in [0.15, 0.2) is 24.3 Å². The van der Waals surface area contributed by atoms with Gasteiger partial charge in [-0.3, -0.25) is 0 Å². The quantitative estimate of drug-likeness (QED) is 0.814. The second-order valence-electron chi connectivity index (χ2n) is 3.08. The zero-order valence-electron chi connectivity index (χ0n) is 8.65. The number of aliphatic hydroxyl groups excluding tert-OH is 1. The molecule has 0 amide bonds. The summed E-state index contributed by atoms with van der Waals surface area (Å²) in [5.74, 6) is 0.651. The van der Waals surface area contributed by atoms with Crippen LogP contribution in [0.3, 0.4) is 0 Å². The van der Waals surface area contributed by atoms with Gasteiger partial charge >= 0.3 is 0 Å². The van der Waals surface area contributed by atoms with E-state index < -0.39 is 6.10 Å². The van der Waals surface area contributed by atoms with Gasteiger partial charge in [0.15, 0.2) is 0 Å². The molecule has 1 N–H and O–H groups in total. The van der Waals surface area contributed by atoms with Crippen molar-refractivity contribution >= 4 is 11.6 Å². The predicted molar refractivity (Wildman–Crippen MR) is 59.4 cm³/mol. The number of benzene rings is 1. The number of hydrogen-bond acceptors (Lipinski definition) is 3. The normalized spacial score (nSPS) is 12.5. The number of ether oxygens (including phenoxy) is 2. The van der Waals surface area contributed by atoms with Crippen molar-refractivity contribution in [2.45, 2.75) is 13.0 Å². The molecule has 0 radical (unpaired) electrons. The van der Waals surface area contributed by atoms with Crippen LogP contribution in [-0.2, 0) is 4.74 Å². The van der Waals surface area contributed by atoms with Crippen molar-refractivity contribution < 1.29 is 14.6 Å². The van der Waals surface area contributed by atoms with Gasteiger partial charge in [-0.15, -0.1) is 0 Å². The van der Waals surface area contributed by atoms with Gasteiger partial charge in [0.05, 0.1) is 6.61 Å². The molecule has 1 aromatic rings. The largest absolute Gasteiger partial charge is 0.491 e. The monoisotopic (exact) mass is 230 g/mol. The topological polar surface area (TPSA) is 38.7 Å². The molecule has 3 nitrogen and oxygen atoms in total. The summed E-state index contributed by atoms with van der Waals surface area (Å²) < 4.78 is 10.4. The van der Waals surface area contributed by atoms with E-state index in [-0.39, 0.29) is 13.2 Å². The van der Waals surface area contributed by atoms with Crippen molar-refractivity contribution in [2.75, 3.05) is 19.8 Å². The Bertz CT molecular complexity index is 291. The first-order valence-electron chi connectivity index (χ1n) is 4.86. The molecule has 1 atom stereocenters. The fraction of sp³-hybridized carbons (Fsp3) is 0.455. The van der Waals surface area contributed by atoms with Gasteiger partial charge in [-0.05, 0) is 25.1 Å². The lowest BCUT2D eigenvalue weighted by Gasteiger charge is -2.12. The Morgan fingerprint density at radius 2 is 2.20 bits per heavy atom. The Balaban J connectivity index is 2.30. The molecule has 1 rings (SSSR count). The van der Waals surface area contributed by atoms with Crippen LogP contribution >= 0.6 is 11.6 Å². The Kier molecular flexibility index (Phi) is 5.47. The Morgan fingerprint density at radius 1 is 1.40 bits per heavy atom. The first kappa shape index (κ1) is 12.3. The lowest BCUT2D eigenvalue weighted by Crippen LogP contribution is -2.23. The van der Waals surface area contributed by atoms with Crippen LogP contribution in [0.2, 0.25) is 5.02 Å². The molecular weight excluding hydrogens is 216 g/mol. The first-order valence-corrected chi connectivity index (χ1v) is 5.24. The molecule has 84 valence electrons. The summed E-state index contributed by atoms with van der Waals surface area (Å²) in [6.45, 7) is 2.97. The molecule has 0 saturated carbocycles. The average Bonchev–Trinajstić information content (AvgIpc) is 2.23. The number of hydrogen-bond donors (Lipinski definition) is 1. The van der Waals surface area contributed by atoms with Crippen LogP contribution in [0.25, 0.3) is 0 Å². The van der Waals surface area contributed by atoms with E-state index in [1.165, 1.54) is 0 Å². The third kappa shape index (κ3) is 5.02. The molecule has 4 heteroatoms. The average molecular weight is 231 g/mol. The molecule has 15 heavy (non-hydrogen) atoms. The van der Waals surface area contributed by atoms with Gasteiger partial charge in [-0.25, -0.2) is 0 Å². The van der Waals surface area contributed by atoms with Crippen molar-refractivity contribution in [3.63, 3.8) is 0 Å². The zero-order valence-corrected chi connectivity index (χ0v) is 9.41. The predicted octanol–water partition coefficient (Wildman–Crippen LogP) is 2.12. The summed E-state index contributed by atoms with van der Waals surface area (Å²) >= 11 is 5.78. The summed E-state index contributed by atoms with van der Waals surface area (Å²) in [4.78, 5) is 0. The van der Waals surface area contributed by atoms with Crippen LogP contribution in [0.5, 0.6) is 5.75 Å². The molecule has 1 unspecified atom stereocenters. The molecule has 0 saturated heterocycles. The zero-order chi connectivity index (χ0) is 11.1. The van der Waals surface area contributed by atoms with E-state index in [2.05, 4.69) is 0 Å². The lowest BCUT2D eigenvalue weighted by molar-refractivity contribution is 0.0164. The standard InChI is InChI=1S/C11H15ClO3/c1-2-14-7-10(13)8-15-11-5-3-4-9(12)6-11/h3-6,10,13H,2,7-8H2,1H3. The maximum Gasteiger partial charge on any atom is 0.120 e. The molecular formula is C11H15ClO3. The summed E-state index contributed by atoms with van der Waals surface area (Å²) in [5.41, 5.74) is 0. The number of rotatable bonds is 6. The second kappa shape index (κ2) is 6.67. The maximum absolute atomic E-state index is 9.43. The van der Waals surface area contributed by atoms with E-state index in [1.807, 2.05) is 6.92 Å². The highest BCUT2D eigenvalue weighted by Crippen LogP contribution is 2.17. The van der Waals surface area contributed by atoms with Crippen molar-refractivity contribution in [3.8, 4) is 5.75 Å². The molecule has 0 spiro atoms. The van der Waals surface area contributed by atoms with Crippen molar-refractivity contribution in [1.82, 2.24) is 0 Å². The highest BCUT2D eigenvalue weighted by atomic mass is 35.5. The molecule has 0 fully saturated rings. The van der Waals surface area contributed by atoms with Gasteiger partial charge in [0.1, 0.15) is 18.5 Å².